The molecule has 0 N–H and O–H groups in total. The van der Waals surface area contributed by atoms with Crippen LogP contribution in [0.4, 0.5) is 0 Å². The summed E-state index contributed by atoms with van der Waals surface area (Å²) in [6.45, 7) is 6.16. The first-order valence-corrected chi connectivity index (χ1v) is 6.90. The van der Waals surface area contributed by atoms with Crippen molar-refractivity contribution in [1.82, 2.24) is 0 Å². The van der Waals surface area contributed by atoms with Crippen LogP contribution in [0.5, 0.6) is 0 Å². The van der Waals surface area contributed by atoms with E-state index in [9.17, 15) is 4.79 Å². The molecule has 0 amide bonds. The molecule has 0 aliphatic carbocycles. The molecule has 0 saturated carbocycles. The Hall–Kier alpha value is -1.64. The highest BCUT2D eigenvalue weighted by molar-refractivity contribution is 5.86. The van der Waals surface area contributed by atoms with Gasteiger partial charge in [0.2, 0.25) is 0 Å². The summed E-state index contributed by atoms with van der Waals surface area (Å²) < 4.78 is 5.14. The van der Waals surface area contributed by atoms with Crippen molar-refractivity contribution in [3.05, 3.63) is 35.9 Å². The maximum Gasteiger partial charge on any atom is 0.333 e. The lowest BCUT2D eigenvalue weighted by molar-refractivity contribution is -0.149. The standard InChI is InChI=1S/C16H23NO2/c1-4-6-12-16(3,15(18)19-5-2)17-13-14-10-8-7-9-11-14/h7-11,13H,4-6,12H2,1-3H3/b17-13+. The molecule has 3 nitrogen and oxygen atoms in total. The molecule has 0 aromatic heterocycles. The predicted molar refractivity (Wildman–Crippen MR) is 78.6 cm³/mol. The van der Waals surface area contributed by atoms with Crippen LogP contribution < -0.4 is 0 Å². The molecule has 0 radical (unpaired) electrons. The van der Waals surface area contributed by atoms with Gasteiger partial charge in [-0.3, -0.25) is 4.99 Å². The van der Waals surface area contributed by atoms with Crippen LogP contribution in [-0.4, -0.2) is 24.3 Å². The molecule has 1 aromatic carbocycles. The first-order valence-electron chi connectivity index (χ1n) is 6.90. The summed E-state index contributed by atoms with van der Waals surface area (Å²) >= 11 is 0. The minimum atomic E-state index is -0.776. The van der Waals surface area contributed by atoms with E-state index in [1.807, 2.05) is 44.2 Å². The SMILES string of the molecule is CCCCC(C)(/N=C/c1ccccc1)C(=O)OCC. The van der Waals surface area contributed by atoms with Gasteiger partial charge in [-0.2, -0.15) is 0 Å². The lowest BCUT2D eigenvalue weighted by Gasteiger charge is -2.22. The zero-order valence-electron chi connectivity index (χ0n) is 12.1. The molecular weight excluding hydrogens is 238 g/mol. The fourth-order valence-electron chi connectivity index (χ4n) is 1.78. The lowest BCUT2D eigenvalue weighted by Crippen LogP contribution is -2.35. The normalized spacial score (nSPS) is 14.3. The third-order valence-corrected chi connectivity index (χ3v) is 3.03. The lowest BCUT2D eigenvalue weighted by atomic mass is 9.95. The van der Waals surface area contributed by atoms with Crippen LogP contribution in [0.25, 0.3) is 0 Å². The Labute approximate surface area is 115 Å². The fraction of sp³-hybridized carbons (Fsp3) is 0.500. The molecule has 0 aliphatic heterocycles. The van der Waals surface area contributed by atoms with Crippen LogP contribution in [0, 0.1) is 0 Å². The summed E-state index contributed by atoms with van der Waals surface area (Å²) in [5.41, 5.74) is 0.219. The molecule has 1 aromatic rings. The Bertz CT molecular complexity index is 414. The zero-order valence-corrected chi connectivity index (χ0v) is 12.1. The van der Waals surface area contributed by atoms with Crippen molar-refractivity contribution in [1.29, 1.82) is 0 Å². The highest BCUT2D eigenvalue weighted by atomic mass is 16.5. The number of benzene rings is 1. The van der Waals surface area contributed by atoms with Crippen molar-refractivity contribution in [2.75, 3.05) is 6.61 Å². The van der Waals surface area contributed by atoms with E-state index < -0.39 is 5.54 Å². The van der Waals surface area contributed by atoms with Crippen molar-refractivity contribution in [2.24, 2.45) is 4.99 Å². The second kappa shape index (κ2) is 7.72. The number of carbonyl (C=O) groups excluding carboxylic acids is 1. The predicted octanol–water partition coefficient (Wildman–Crippen LogP) is 3.62. The minimum absolute atomic E-state index is 0.240. The Morgan fingerprint density at radius 3 is 2.58 bits per heavy atom. The summed E-state index contributed by atoms with van der Waals surface area (Å²) in [5.74, 6) is -0.240. The van der Waals surface area contributed by atoms with Gasteiger partial charge in [-0.15, -0.1) is 0 Å². The molecule has 19 heavy (non-hydrogen) atoms. The van der Waals surface area contributed by atoms with Crippen molar-refractivity contribution in [2.45, 2.75) is 45.6 Å². The van der Waals surface area contributed by atoms with Gasteiger partial charge in [0.1, 0.15) is 0 Å². The average Bonchev–Trinajstić information content (AvgIpc) is 2.44. The van der Waals surface area contributed by atoms with E-state index in [2.05, 4.69) is 11.9 Å². The number of hydrogen-bond acceptors (Lipinski definition) is 3. The fourth-order valence-corrected chi connectivity index (χ4v) is 1.78. The van der Waals surface area contributed by atoms with E-state index in [0.717, 1.165) is 18.4 Å². The second-order valence-electron chi connectivity index (χ2n) is 4.77. The van der Waals surface area contributed by atoms with E-state index in [1.165, 1.54) is 0 Å². The van der Waals surface area contributed by atoms with E-state index >= 15 is 0 Å². The molecule has 1 unspecified atom stereocenters. The number of hydrogen-bond donors (Lipinski definition) is 0. The Kier molecular flexibility index (Phi) is 6.26. The summed E-state index contributed by atoms with van der Waals surface area (Å²) in [6.07, 6.45) is 4.47. The van der Waals surface area contributed by atoms with E-state index in [0.29, 0.717) is 13.0 Å². The Morgan fingerprint density at radius 1 is 1.32 bits per heavy atom. The third-order valence-electron chi connectivity index (χ3n) is 3.03. The van der Waals surface area contributed by atoms with E-state index in [4.69, 9.17) is 4.74 Å². The molecule has 0 saturated heterocycles. The summed E-state index contributed by atoms with van der Waals surface area (Å²) in [5, 5.41) is 0. The first-order chi connectivity index (χ1) is 9.12. The molecule has 104 valence electrons. The Balaban J connectivity index is 2.84. The number of ether oxygens (including phenoxy) is 1. The van der Waals surface area contributed by atoms with Gasteiger partial charge >= 0.3 is 5.97 Å². The van der Waals surface area contributed by atoms with Crippen LogP contribution in [0.3, 0.4) is 0 Å². The quantitative estimate of drug-likeness (QED) is 0.555. The molecule has 1 atom stereocenters. The molecule has 3 heteroatoms. The number of nitrogens with zero attached hydrogens (tertiary/aromatic N) is 1. The van der Waals surface area contributed by atoms with Crippen molar-refractivity contribution < 1.29 is 9.53 Å². The monoisotopic (exact) mass is 261 g/mol. The van der Waals surface area contributed by atoms with Gasteiger partial charge < -0.3 is 4.74 Å². The molecular formula is C16H23NO2. The van der Waals surface area contributed by atoms with Gasteiger partial charge in [0.05, 0.1) is 6.61 Å². The van der Waals surface area contributed by atoms with Crippen LogP contribution in [0.2, 0.25) is 0 Å². The molecule has 0 heterocycles. The maximum atomic E-state index is 12.1. The Morgan fingerprint density at radius 2 is 2.00 bits per heavy atom. The molecule has 0 fully saturated rings. The van der Waals surface area contributed by atoms with Gasteiger partial charge in [0.15, 0.2) is 5.54 Å². The highest BCUT2D eigenvalue weighted by Crippen LogP contribution is 2.21. The molecule has 1 rings (SSSR count). The number of carbonyl (C=O) groups is 1. The van der Waals surface area contributed by atoms with E-state index in [1.54, 1.807) is 6.21 Å². The van der Waals surface area contributed by atoms with Gasteiger partial charge in [0.25, 0.3) is 0 Å². The van der Waals surface area contributed by atoms with Gasteiger partial charge in [-0.1, -0.05) is 50.1 Å². The van der Waals surface area contributed by atoms with Gasteiger partial charge in [-0.05, 0) is 25.8 Å². The van der Waals surface area contributed by atoms with Crippen LogP contribution in [-0.2, 0) is 9.53 Å². The number of rotatable bonds is 7. The highest BCUT2D eigenvalue weighted by Gasteiger charge is 2.32. The van der Waals surface area contributed by atoms with Crippen LogP contribution in [0.1, 0.15) is 45.6 Å². The third kappa shape index (κ3) is 4.86. The van der Waals surface area contributed by atoms with Crippen molar-refractivity contribution in [3.8, 4) is 0 Å². The maximum absolute atomic E-state index is 12.1. The smallest absolute Gasteiger partial charge is 0.333 e. The number of unbranched alkanes of at least 4 members (excludes halogenated alkanes) is 1. The first kappa shape index (κ1) is 15.4. The van der Waals surface area contributed by atoms with Crippen LogP contribution >= 0.6 is 0 Å². The van der Waals surface area contributed by atoms with Crippen molar-refractivity contribution in [3.63, 3.8) is 0 Å². The van der Waals surface area contributed by atoms with Gasteiger partial charge in [-0.25, -0.2) is 4.79 Å². The number of esters is 1. The summed E-state index contributed by atoms with van der Waals surface area (Å²) in [4.78, 5) is 16.5. The molecule has 0 spiro atoms. The largest absolute Gasteiger partial charge is 0.464 e. The number of aliphatic imine (C=N–C) groups is 1. The zero-order chi connectivity index (χ0) is 14.1. The molecule has 0 bridgehead atoms. The average molecular weight is 261 g/mol. The topological polar surface area (TPSA) is 38.7 Å². The minimum Gasteiger partial charge on any atom is -0.464 e. The van der Waals surface area contributed by atoms with Crippen LogP contribution in [0.15, 0.2) is 35.3 Å². The summed E-state index contributed by atoms with van der Waals surface area (Å²) in [6, 6.07) is 9.80. The van der Waals surface area contributed by atoms with Crippen molar-refractivity contribution >= 4 is 12.2 Å². The second-order valence-corrected chi connectivity index (χ2v) is 4.77. The summed E-state index contributed by atoms with van der Waals surface area (Å²) in [7, 11) is 0. The van der Waals surface area contributed by atoms with E-state index in [-0.39, 0.29) is 5.97 Å². The molecule has 0 aliphatic rings. The van der Waals surface area contributed by atoms with Gasteiger partial charge in [0, 0.05) is 6.21 Å².